The minimum Gasteiger partial charge on any atom is -0.321 e. The molecule has 0 aromatic carbocycles. The molecule has 3 N–H and O–H groups in total. The summed E-state index contributed by atoms with van der Waals surface area (Å²) in [6.45, 7) is 2.89. The van der Waals surface area contributed by atoms with Crippen LogP contribution in [0, 0.1) is 0 Å². The van der Waals surface area contributed by atoms with Crippen LogP contribution in [0.3, 0.4) is 0 Å². The Bertz CT molecular complexity index is 149. The lowest BCUT2D eigenvalue weighted by atomic mass is 10.0. The Labute approximate surface area is 66.7 Å². The number of likely N-dealkylation sites (tertiary alicyclic amines) is 1. The molecule has 4 heteroatoms. The van der Waals surface area contributed by atoms with Gasteiger partial charge in [0.2, 0.25) is 0 Å². The van der Waals surface area contributed by atoms with Gasteiger partial charge in [-0.1, -0.05) is 0 Å². The fourth-order valence-electron chi connectivity index (χ4n) is 1.48. The first-order valence-electron chi connectivity index (χ1n) is 4.03. The van der Waals surface area contributed by atoms with Crippen LogP contribution < -0.4 is 11.3 Å². The summed E-state index contributed by atoms with van der Waals surface area (Å²) in [6, 6.07) is 0.185. The van der Waals surface area contributed by atoms with Gasteiger partial charge in [0.25, 0.3) is 0 Å². The van der Waals surface area contributed by atoms with Gasteiger partial charge in [-0.3, -0.25) is 5.43 Å². The summed E-state index contributed by atoms with van der Waals surface area (Å²) < 4.78 is 0. The van der Waals surface area contributed by atoms with Crippen molar-refractivity contribution in [1.82, 2.24) is 10.3 Å². The quantitative estimate of drug-likeness (QED) is 0.304. The Morgan fingerprint density at radius 1 is 1.64 bits per heavy atom. The van der Waals surface area contributed by atoms with Crippen LogP contribution >= 0.6 is 0 Å². The fourth-order valence-corrected chi connectivity index (χ4v) is 1.48. The minimum absolute atomic E-state index is 0.155. The highest BCUT2D eigenvalue weighted by molar-refractivity contribution is 5.73. The van der Waals surface area contributed by atoms with Crippen LogP contribution in [0.4, 0.5) is 4.79 Å². The molecular formula is C7H15N3O. The molecule has 1 unspecified atom stereocenters. The molecular weight excluding hydrogens is 142 g/mol. The third-order valence-corrected chi connectivity index (χ3v) is 2.19. The third-order valence-electron chi connectivity index (χ3n) is 2.19. The van der Waals surface area contributed by atoms with Crippen molar-refractivity contribution in [3.63, 3.8) is 0 Å². The Balaban J connectivity index is 2.47. The van der Waals surface area contributed by atoms with Crippen molar-refractivity contribution < 1.29 is 4.79 Å². The summed E-state index contributed by atoms with van der Waals surface area (Å²) in [5.41, 5.74) is 2.15. The largest absolute Gasteiger partial charge is 0.331 e. The second-order valence-corrected chi connectivity index (χ2v) is 2.99. The zero-order valence-electron chi connectivity index (χ0n) is 6.84. The second kappa shape index (κ2) is 3.57. The molecule has 1 fully saturated rings. The summed E-state index contributed by atoms with van der Waals surface area (Å²) in [7, 11) is 0. The van der Waals surface area contributed by atoms with E-state index in [4.69, 9.17) is 5.84 Å². The van der Waals surface area contributed by atoms with Crippen LogP contribution in [0.5, 0.6) is 0 Å². The molecule has 0 radical (unpaired) electrons. The number of hydrogen-bond acceptors (Lipinski definition) is 2. The number of nitrogens with zero attached hydrogens (tertiary/aromatic N) is 1. The maximum Gasteiger partial charge on any atom is 0.331 e. The summed E-state index contributed by atoms with van der Waals surface area (Å²) in [6.07, 6.45) is 3.40. The number of amides is 2. The molecule has 11 heavy (non-hydrogen) atoms. The standard InChI is InChI=1S/C7H15N3O/c1-6-4-2-3-5-10(6)7(11)9-8/h6H,2-5,8H2,1H3,(H,9,11). The highest BCUT2D eigenvalue weighted by atomic mass is 16.2. The molecule has 0 aromatic heterocycles. The molecule has 0 aliphatic carbocycles. The lowest BCUT2D eigenvalue weighted by molar-refractivity contribution is 0.158. The minimum atomic E-state index is -0.155. The number of carbonyl (C=O) groups excluding carboxylic acids is 1. The highest BCUT2D eigenvalue weighted by Crippen LogP contribution is 2.15. The molecule has 2 amide bonds. The van der Waals surface area contributed by atoms with E-state index >= 15 is 0 Å². The number of nitrogens with one attached hydrogen (secondary N) is 1. The maximum absolute atomic E-state index is 11.1. The van der Waals surface area contributed by atoms with Crippen LogP contribution in [0.15, 0.2) is 0 Å². The molecule has 0 aromatic rings. The van der Waals surface area contributed by atoms with Gasteiger partial charge in [-0.2, -0.15) is 0 Å². The molecule has 0 bridgehead atoms. The van der Waals surface area contributed by atoms with Crippen molar-refractivity contribution in [3.8, 4) is 0 Å². The van der Waals surface area contributed by atoms with Gasteiger partial charge in [-0.05, 0) is 26.2 Å². The average Bonchev–Trinajstić information content (AvgIpc) is 2.04. The monoisotopic (exact) mass is 157 g/mol. The lowest BCUT2D eigenvalue weighted by Gasteiger charge is -2.32. The van der Waals surface area contributed by atoms with E-state index < -0.39 is 0 Å². The molecule has 64 valence electrons. The van der Waals surface area contributed by atoms with Gasteiger partial charge in [-0.15, -0.1) is 0 Å². The Hall–Kier alpha value is -0.770. The molecule has 1 atom stereocenters. The zero-order chi connectivity index (χ0) is 8.27. The topological polar surface area (TPSA) is 58.4 Å². The van der Waals surface area contributed by atoms with Crippen LogP contribution in [0.1, 0.15) is 26.2 Å². The second-order valence-electron chi connectivity index (χ2n) is 2.99. The first-order valence-corrected chi connectivity index (χ1v) is 4.03. The van der Waals surface area contributed by atoms with Crippen molar-refractivity contribution >= 4 is 6.03 Å². The van der Waals surface area contributed by atoms with Crippen LogP contribution in [-0.4, -0.2) is 23.5 Å². The average molecular weight is 157 g/mol. The summed E-state index contributed by atoms with van der Waals surface area (Å²) in [4.78, 5) is 12.8. The number of carbonyl (C=O) groups is 1. The van der Waals surface area contributed by atoms with E-state index in [1.54, 1.807) is 4.90 Å². The predicted octanol–water partition coefficient (Wildman–Crippen LogP) is 0.444. The predicted molar refractivity (Wildman–Crippen MR) is 42.7 cm³/mol. The normalized spacial score (nSPS) is 24.9. The number of hydrazine groups is 1. The van der Waals surface area contributed by atoms with E-state index in [9.17, 15) is 4.79 Å². The number of rotatable bonds is 0. The SMILES string of the molecule is CC1CCCCN1C(=O)NN. The number of piperidine rings is 1. The van der Waals surface area contributed by atoms with E-state index in [0.717, 1.165) is 19.4 Å². The van der Waals surface area contributed by atoms with Crippen molar-refractivity contribution in [2.45, 2.75) is 32.2 Å². The maximum atomic E-state index is 11.1. The first-order chi connectivity index (χ1) is 5.25. The van der Waals surface area contributed by atoms with Gasteiger partial charge in [-0.25, -0.2) is 10.6 Å². The third kappa shape index (κ3) is 1.83. The van der Waals surface area contributed by atoms with Crippen molar-refractivity contribution in [3.05, 3.63) is 0 Å². The van der Waals surface area contributed by atoms with E-state index in [0.29, 0.717) is 6.04 Å². The smallest absolute Gasteiger partial charge is 0.321 e. The lowest BCUT2D eigenvalue weighted by Crippen LogP contribution is -2.49. The van der Waals surface area contributed by atoms with E-state index in [1.165, 1.54) is 6.42 Å². The summed E-state index contributed by atoms with van der Waals surface area (Å²) >= 11 is 0. The van der Waals surface area contributed by atoms with Gasteiger partial charge in [0.1, 0.15) is 0 Å². The molecule has 0 saturated carbocycles. The van der Waals surface area contributed by atoms with Crippen molar-refractivity contribution in [1.29, 1.82) is 0 Å². The van der Waals surface area contributed by atoms with Gasteiger partial charge < -0.3 is 4.90 Å². The van der Waals surface area contributed by atoms with E-state index in [1.807, 2.05) is 0 Å². The molecule has 4 nitrogen and oxygen atoms in total. The Kier molecular flexibility index (Phi) is 2.70. The fraction of sp³-hybridized carbons (Fsp3) is 0.857. The Morgan fingerprint density at radius 3 is 2.91 bits per heavy atom. The number of nitrogens with two attached hydrogens (primary N) is 1. The van der Waals surface area contributed by atoms with Gasteiger partial charge in [0.05, 0.1) is 0 Å². The van der Waals surface area contributed by atoms with Crippen molar-refractivity contribution in [2.75, 3.05) is 6.54 Å². The molecule has 1 saturated heterocycles. The van der Waals surface area contributed by atoms with Gasteiger partial charge >= 0.3 is 6.03 Å². The van der Waals surface area contributed by atoms with Gasteiger partial charge in [0, 0.05) is 12.6 Å². The Morgan fingerprint density at radius 2 is 2.36 bits per heavy atom. The van der Waals surface area contributed by atoms with Crippen LogP contribution in [0.25, 0.3) is 0 Å². The molecule has 0 spiro atoms. The summed E-state index contributed by atoms with van der Waals surface area (Å²) in [5.74, 6) is 5.02. The highest BCUT2D eigenvalue weighted by Gasteiger charge is 2.21. The molecule has 1 heterocycles. The van der Waals surface area contributed by atoms with Gasteiger partial charge in [0.15, 0.2) is 0 Å². The summed E-state index contributed by atoms with van der Waals surface area (Å²) in [5, 5.41) is 0. The van der Waals surface area contributed by atoms with Crippen LogP contribution in [0.2, 0.25) is 0 Å². The zero-order valence-corrected chi connectivity index (χ0v) is 6.84. The van der Waals surface area contributed by atoms with Crippen molar-refractivity contribution in [2.24, 2.45) is 5.84 Å². The van der Waals surface area contributed by atoms with E-state index in [-0.39, 0.29) is 6.03 Å². The number of urea groups is 1. The number of hydrogen-bond donors (Lipinski definition) is 2. The molecule has 1 aliphatic rings. The van der Waals surface area contributed by atoms with E-state index in [2.05, 4.69) is 12.3 Å². The first kappa shape index (κ1) is 8.33. The molecule has 1 rings (SSSR count). The molecule has 1 aliphatic heterocycles. The van der Waals surface area contributed by atoms with Crippen LogP contribution in [-0.2, 0) is 0 Å².